The predicted molar refractivity (Wildman–Crippen MR) is 113 cm³/mol. The molecule has 0 aromatic heterocycles. The number of rotatable bonds is 6. The van der Waals surface area contributed by atoms with Gasteiger partial charge in [0.05, 0.1) is 33.8 Å². The van der Waals surface area contributed by atoms with Crippen molar-refractivity contribution in [3.8, 4) is 11.5 Å². The molecule has 2 aromatic carbocycles. The van der Waals surface area contributed by atoms with Gasteiger partial charge in [0.1, 0.15) is 0 Å². The Balaban J connectivity index is 1.85. The lowest BCUT2D eigenvalue weighted by Gasteiger charge is -2.37. The van der Waals surface area contributed by atoms with Crippen molar-refractivity contribution in [2.75, 3.05) is 27.9 Å². The number of carbonyl (C=O) groups is 2. The second-order valence-electron chi connectivity index (χ2n) is 7.29. The zero-order chi connectivity index (χ0) is 21.7. The number of amides is 2. The van der Waals surface area contributed by atoms with E-state index in [1.807, 2.05) is 43.3 Å². The number of hydrogen-bond donors (Lipinski definition) is 1. The molecule has 1 N–H and O–H groups in total. The lowest BCUT2D eigenvalue weighted by molar-refractivity contribution is -0.141. The van der Waals surface area contributed by atoms with Crippen LogP contribution in [0.1, 0.15) is 34.7 Å². The molecule has 7 heteroatoms. The second-order valence-corrected chi connectivity index (χ2v) is 7.29. The quantitative estimate of drug-likeness (QED) is 0.736. The molecule has 0 saturated heterocycles. The molecule has 0 aliphatic carbocycles. The first-order chi connectivity index (χ1) is 14.5. The minimum atomic E-state index is -0.445. The fraction of sp³-hybridized carbons (Fsp3) is 0.391. The van der Waals surface area contributed by atoms with Gasteiger partial charge >= 0.3 is 12.0 Å². The van der Waals surface area contributed by atoms with E-state index in [9.17, 15) is 9.59 Å². The maximum atomic E-state index is 13.0. The third kappa shape index (κ3) is 4.67. The number of nitrogens with zero attached hydrogens (tertiary/aromatic N) is 1. The molecule has 1 aliphatic heterocycles. The SMILES string of the molecule is COC(=O)CC1c2cc(OC)c(OC)cc2CCN1C(=O)NCc1ccc(C)cc1. The third-order valence-corrected chi connectivity index (χ3v) is 5.42. The molecule has 1 atom stereocenters. The van der Waals surface area contributed by atoms with Crippen molar-refractivity contribution < 1.29 is 23.8 Å². The average molecular weight is 412 g/mol. The van der Waals surface area contributed by atoms with E-state index in [0.717, 1.165) is 16.7 Å². The Morgan fingerprint density at radius 3 is 2.37 bits per heavy atom. The fourth-order valence-electron chi connectivity index (χ4n) is 3.72. The van der Waals surface area contributed by atoms with E-state index in [4.69, 9.17) is 14.2 Å². The van der Waals surface area contributed by atoms with Crippen molar-refractivity contribution in [2.24, 2.45) is 0 Å². The van der Waals surface area contributed by atoms with E-state index < -0.39 is 6.04 Å². The molecule has 0 radical (unpaired) electrons. The molecule has 1 unspecified atom stereocenters. The van der Waals surface area contributed by atoms with Gasteiger partial charge in [0.15, 0.2) is 11.5 Å². The standard InChI is InChI=1S/C23H28N2O5/c1-15-5-7-16(8-6-15)14-24-23(27)25-10-9-17-11-20(28-2)21(29-3)12-18(17)19(25)13-22(26)30-4/h5-8,11-12,19H,9-10,13-14H2,1-4H3,(H,24,27). The van der Waals surface area contributed by atoms with Crippen LogP contribution in [0.3, 0.4) is 0 Å². The highest BCUT2D eigenvalue weighted by Gasteiger charge is 2.34. The Hall–Kier alpha value is -3.22. The molecular weight excluding hydrogens is 384 g/mol. The van der Waals surface area contributed by atoms with Crippen molar-refractivity contribution in [1.29, 1.82) is 0 Å². The van der Waals surface area contributed by atoms with Gasteiger partial charge in [0.2, 0.25) is 0 Å². The second kappa shape index (κ2) is 9.52. The van der Waals surface area contributed by atoms with E-state index in [1.54, 1.807) is 19.1 Å². The average Bonchev–Trinajstić information content (AvgIpc) is 2.77. The van der Waals surface area contributed by atoms with Crippen LogP contribution in [0.5, 0.6) is 11.5 Å². The summed E-state index contributed by atoms with van der Waals surface area (Å²) in [7, 11) is 4.50. The molecule has 0 saturated carbocycles. The molecule has 2 aromatic rings. The van der Waals surface area contributed by atoms with Crippen LogP contribution >= 0.6 is 0 Å². The van der Waals surface area contributed by atoms with Crippen molar-refractivity contribution in [1.82, 2.24) is 10.2 Å². The summed E-state index contributed by atoms with van der Waals surface area (Å²) in [4.78, 5) is 26.8. The first-order valence-corrected chi connectivity index (χ1v) is 9.88. The summed E-state index contributed by atoms with van der Waals surface area (Å²) in [5.41, 5.74) is 4.08. The Bertz CT molecular complexity index is 911. The Kier molecular flexibility index (Phi) is 6.82. The Morgan fingerprint density at radius 2 is 1.73 bits per heavy atom. The topological polar surface area (TPSA) is 77.1 Å². The van der Waals surface area contributed by atoms with E-state index >= 15 is 0 Å². The van der Waals surface area contributed by atoms with Gasteiger partial charge in [-0.25, -0.2) is 4.79 Å². The van der Waals surface area contributed by atoms with Gasteiger partial charge in [0.25, 0.3) is 0 Å². The van der Waals surface area contributed by atoms with Crippen LogP contribution in [-0.2, 0) is 22.5 Å². The summed E-state index contributed by atoms with van der Waals surface area (Å²) in [6.45, 7) is 2.93. The molecule has 1 heterocycles. The van der Waals surface area contributed by atoms with Gasteiger partial charge in [-0.15, -0.1) is 0 Å². The van der Waals surface area contributed by atoms with Gasteiger partial charge < -0.3 is 24.4 Å². The summed E-state index contributed by atoms with van der Waals surface area (Å²) in [5, 5.41) is 2.97. The van der Waals surface area contributed by atoms with Crippen LogP contribution in [0.2, 0.25) is 0 Å². The van der Waals surface area contributed by atoms with Gasteiger partial charge in [-0.3, -0.25) is 4.79 Å². The fourth-order valence-corrected chi connectivity index (χ4v) is 3.72. The van der Waals surface area contributed by atoms with Gasteiger partial charge in [0, 0.05) is 13.1 Å². The summed E-state index contributed by atoms with van der Waals surface area (Å²) >= 11 is 0. The summed E-state index contributed by atoms with van der Waals surface area (Å²) < 4.78 is 15.7. The Labute approximate surface area is 176 Å². The number of benzene rings is 2. The maximum absolute atomic E-state index is 13.0. The van der Waals surface area contributed by atoms with Gasteiger partial charge in [-0.2, -0.15) is 0 Å². The lowest BCUT2D eigenvalue weighted by atomic mass is 9.90. The number of carbonyl (C=O) groups excluding carboxylic acids is 2. The zero-order valence-electron chi connectivity index (χ0n) is 17.9. The van der Waals surface area contributed by atoms with Crippen molar-refractivity contribution in [3.05, 3.63) is 58.7 Å². The molecule has 7 nitrogen and oxygen atoms in total. The monoisotopic (exact) mass is 412 g/mol. The van der Waals surface area contributed by atoms with Crippen LogP contribution in [0.25, 0.3) is 0 Å². The first kappa shape index (κ1) is 21.5. The number of aryl methyl sites for hydroxylation is 1. The lowest BCUT2D eigenvalue weighted by Crippen LogP contribution is -2.46. The number of ether oxygens (including phenoxy) is 3. The summed E-state index contributed by atoms with van der Waals surface area (Å²) in [6, 6.07) is 11.1. The van der Waals surface area contributed by atoms with E-state index in [0.29, 0.717) is 31.0 Å². The van der Waals surface area contributed by atoms with Crippen LogP contribution in [0.4, 0.5) is 4.79 Å². The van der Waals surface area contributed by atoms with Crippen molar-refractivity contribution in [2.45, 2.75) is 32.4 Å². The van der Waals surface area contributed by atoms with E-state index in [-0.39, 0.29) is 18.4 Å². The zero-order valence-corrected chi connectivity index (χ0v) is 17.9. The van der Waals surface area contributed by atoms with E-state index in [1.165, 1.54) is 12.7 Å². The highest BCUT2D eigenvalue weighted by Crippen LogP contribution is 2.39. The van der Waals surface area contributed by atoms with E-state index in [2.05, 4.69) is 5.32 Å². The molecule has 2 amide bonds. The summed E-state index contributed by atoms with van der Waals surface area (Å²) in [6.07, 6.45) is 0.724. The molecule has 0 spiro atoms. The predicted octanol–water partition coefficient (Wildman–Crippen LogP) is 3.38. The number of esters is 1. The van der Waals surface area contributed by atoms with Gasteiger partial charge in [-0.1, -0.05) is 29.8 Å². The molecule has 0 bridgehead atoms. The smallest absolute Gasteiger partial charge is 0.318 e. The van der Waals surface area contributed by atoms with Crippen LogP contribution in [0, 0.1) is 6.92 Å². The van der Waals surface area contributed by atoms with Crippen molar-refractivity contribution >= 4 is 12.0 Å². The van der Waals surface area contributed by atoms with Crippen molar-refractivity contribution in [3.63, 3.8) is 0 Å². The first-order valence-electron chi connectivity index (χ1n) is 9.88. The molecule has 1 aliphatic rings. The number of hydrogen-bond acceptors (Lipinski definition) is 5. The van der Waals surface area contributed by atoms with Crippen LogP contribution in [0.15, 0.2) is 36.4 Å². The number of nitrogens with one attached hydrogen (secondary N) is 1. The Morgan fingerprint density at radius 1 is 1.07 bits per heavy atom. The number of urea groups is 1. The molecule has 160 valence electrons. The maximum Gasteiger partial charge on any atom is 0.318 e. The third-order valence-electron chi connectivity index (χ3n) is 5.42. The summed E-state index contributed by atoms with van der Waals surface area (Å²) in [5.74, 6) is 0.817. The van der Waals surface area contributed by atoms with Gasteiger partial charge in [-0.05, 0) is 42.2 Å². The molecular formula is C23H28N2O5. The molecule has 30 heavy (non-hydrogen) atoms. The minimum Gasteiger partial charge on any atom is -0.493 e. The number of fused-ring (bicyclic) bond motifs is 1. The molecule has 3 rings (SSSR count). The normalized spacial score (nSPS) is 15.2. The largest absolute Gasteiger partial charge is 0.493 e. The van der Waals surface area contributed by atoms with Crippen LogP contribution in [-0.4, -0.2) is 44.8 Å². The number of methoxy groups -OCH3 is 3. The highest BCUT2D eigenvalue weighted by molar-refractivity contribution is 5.77. The minimum absolute atomic E-state index is 0.0664. The van der Waals surface area contributed by atoms with Crippen LogP contribution < -0.4 is 14.8 Å². The molecule has 0 fully saturated rings. The highest BCUT2D eigenvalue weighted by atomic mass is 16.5.